The molecule has 4 rings (SSSR count). The van der Waals surface area contributed by atoms with Crippen LogP contribution in [0.15, 0.2) is 97.1 Å². The van der Waals surface area contributed by atoms with Crippen LogP contribution in [0.1, 0.15) is 45.2 Å². The van der Waals surface area contributed by atoms with Crippen molar-refractivity contribution < 1.29 is 14.3 Å². The molecule has 0 fully saturated rings. The molecule has 0 N–H and O–H groups in total. The van der Waals surface area contributed by atoms with Crippen molar-refractivity contribution in [3.63, 3.8) is 0 Å². The van der Waals surface area contributed by atoms with Gasteiger partial charge in [0.25, 0.3) is 0 Å². The van der Waals surface area contributed by atoms with E-state index in [1.165, 1.54) is 0 Å². The van der Waals surface area contributed by atoms with E-state index in [-0.39, 0.29) is 17.6 Å². The summed E-state index contributed by atoms with van der Waals surface area (Å²) in [7, 11) is 3.33. The normalized spacial score (nSPS) is 12.6. The summed E-state index contributed by atoms with van der Waals surface area (Å²) >= 11 is 0. The summed E-state index contributed by atoms with van der Waals surface area (Å²) in [4.78, 5) is 14.6. The molecule has 0 aliphatic heterocycles. The van der Waals surface area contributed by atoms with Crippen molar-refractivity contribution in [3.8, 4) is 11.5 Å². The van der Waals surface area contributed by atoms with Crippen LogP contribution >= 0.6 is 0 Å². The smallest absolute Gasteiger partial charge is 0.148 e. The minimum Gasteiger partial charge on any atom is -0.497 e. The van der Waals surface area contributed by atoms with Crippen LogP contribution in [0.5, 0.6) is 11.5 Å². The highest BCUT2D eigenvalue weighted by atomic mass is 16.5. The van der Waals surface area contributed by atoms with E-state index in [1.54, 1.807) is 14.2 Å². The summed E-state index contributed by atoms with van der Waals surface area (Å²) < 4.78 is 10.7. The van der Waals surface area contributed by atoms with Crippen molar-refractivity contribution in [1.29, 1.82) is 0 Å². The van der Waals surface area contributed by atoms with Gasteiger partial charge in [0.1, 0.15) is 17.3 Å². The molecular weight excluding hydrogens is 444 g/mol. The first kappa shape index (κ1) is 25.2. The molecule has 4 aromatic rings. The lowest BCUT2D eigenvalue weighted by atomic mass is 9.76. The molecule has 0 aliphatic carbocycles. The first-order valence-corrected chi connectivity index (χ1v) is 12.4. The van der Waals surface area contributed by atoms with Gasteiger partial charge in [0.15, 0.2) is 0 Å². The Morgan fingerprint density at radius 2 is 0.944 bits per heavy atom. The number of rotatable bonds is 10. The number of hydrogen-bond acceptors (Lipinski definition) is 3. The Morgan fingerprint density at radius 1 is 0.583 bits per heavy atom. The third kappa shape index (κ3) is 5.85. The fourth-order valence-corrected chi connectivity index (χ4v) is 4.92. The monoisotopic (exact) mass is 478 g/mol. The highest BCUT2D eigenvalue weighted by molar-refractivity contribution is 5.93. The summed E-state index contributed by atoms with van der Waals surface area (Å²) in [5, 5.41) is 0. The molecule has 3 nitrogen and oxygen atoms in total. The first-order chi connectivity index (χ1) is 17.5. The highest BCUT2D eigenvalue weighted by Crippen LogP contribution is 2.35. The summed E-state index contributed by atoms with van der Waals surface area (Å²) in [6.45, 7) is 4.19. The van der Waals surface area contributed by atoms with Crippen LogP contribution in [0.3, 0.4) is 0 Å². The van der Waals surface area contributed by atoms with E-state index in [4.69, 9.17) is 9.47 Å². The average Bonchev–Trinajstić information content (AvgIpc) is 2.92. The molecule has 0 amide bonds. The maximum Gasteiger partial charge on any atom is 0.148 e. The molecule has 0 bridgehead atoms. The van der Waals surface area contributed by atoms with Crippen LogP contribution < -0.4 is 9.47 Å². The third-order valence-electron chi connectivity index (χ3n) is 7.01. The van der Waals surface area contributed by atoms with Crippen molar-refractivity contribution in [1.82, 2.24) is 0 Å². The standard InChI is InChI=1S/C33H34O3/c1-23-9-5-7-11-29(23)31(21-25-13-17-27(35-3)18-14-25)33(34)32(30-12-8-6-10-24(30)2)22-26-15-19-28(36-4)20-16-26/h5-20,31-32H,21-22H2,1-4H3. The first-order valence-electron chi connectivity index (χ1n) is 12.4. The van der Waals surface area contributed by atoms with Gasteiger partial charge in [0.2, 0.25) is 0 Å². The number of methoxy groups -OCH3 is 2. The molecule has 0 aromatic heterocycles. The van der Waals surface area contributed by atoms with Gasteiger partial charge in [-0.05, 0) is 84.3 Å². The van der Waals surface area contributed by atoms with Gasteiger partial charge >= 0.3 is 0 Å². The number of ketones is 1. The Morgan fingerprint density at radius 3 is 1.28 bits per heavy atom. The van der Waals surface area contributed by atoms with Gasteiger partial charge in [0.05, 0.1) is 14.2 Å². The Bertz CT molecular complexity index is 1190. The summed E-state index contributed by atoms with van der Waals surface area (Å²) in [6.07, 6.45) is 1.28. The van der Waals surface area contributed by atoms with E-state index in [0.29, 0.717) is 12.8 Å². The molecule has 4 aromatic carbocycles. The molecule has 0 radical (unpaired) electrons. The van der Waals surface area contributed by atoms with Crippen LogP contribution in [0, 0.1) is 13.8 Å². The quantitative estimate of drug-likeness (QED) is 0.241. The zero-order chi connectivity index (χ0) is 25.5. The number of ether oxygens (including phenoxy) is 2. The molecule has 184 valence electrons. The van der Waals surface area contributed by atoms with Crippen molar-refractivity contribution in [2.75, 3.05) is 14.2 Å². The number of carbonyl (C=O) groups excluding carboxylic acids is 1. The lowest BCUT2D eigenvalue weighted by molar-refractivity contribution is -0.122. The largest absolute Gasteiger partial charge is 0.497 e. The Balaban J connectivity index is 1.76. The second-order valence-corrected chi connectivity index (χ2v) is 9.33. The van der Waals surface area contributed by atoms with Crippen LogP contribution in [-0.2, 0) is 17.6 Å². The average molecular weight is 479 g/mol. The molecule has 0 spiro atoms. The minimum absolute atomic E-state index is 0.241. The summed E-state index contributed by atoms with van der Waals surface area (Å²) in [5.41, 5.74) is 6.68. The minimum atomic E-state index is -0.262. The van der Waals surface area contributed by atoms with Gasteiger partial charge in [-0.1, -0.05) is 72.8 Å². The Labute approximate surface area is 214 Å². The molecular formula is C33H34O3. The molecule has 2 unspecified atom stereocenters. The predicted molar refractivity (Wildman–Crippen MR) is 146 cm³/mol. The van der Waals surface area contributed by atoms with Crippen molar-refractivity contribution in [2.45, 2.75) is 38.5 Å². The van der Waals surface area contributed by atoms with Gasteiger partial charge < -0.3 is 9.47 Å². The van der Waals surface area contributed by atoms with Crippen molar-refractivity contribution in [2.24, 2.45) is 0 Å². The Hall–Kier alpha value is -3.85. The highest BCUT2D eigenvalue weighted by Gasteiger charge is 2.31. The van der Waals surface area contributed by atoms with Crippen LogP contribution in [-0.4, -0.2) is 20.0 Å². The SMILES string of the molecule is COc1ccc(CC(C(=O)C(Cc2ccc(OC)cc2)c2ccccc2C)c2ccccc2C)cc1. The third-order valence-corrected chi connectivity index (χ3v) is 7.01. The Kier molecular flexibility index (Phi) is 8.22. The van der Waals surface area contributed by atoms with E-state index >= 15 is 0 Å². The maximum absolute atomic E-state index is 14.6. The van der Waals surface area contributed by atoms with E-state index in [9.17, 15) is 4.79 Å². The number of hydrogen-bond donors (Lipinski definition) is 0. The van der Waals surface area contributed by atoms with Gasteiger partial charge in [-0.25, -0.2) is 0 Å². The molecule has 0 saturated carbocycles. The van der Waals surface area contributed by atoms with Gasteiger partial charge in [-0.15, -0.1) is 0 Å². The topological polar surface area (TPSA) is 35.5 Å². The van der Waals surface area contributed by atoms with Crippen LogP contribution in [0.2, 0.25) is 0 Å². The maximum atomic E-state index is 14.6. The van der Waals surface area contributed by atoms with E-state index in [0.717, 1.165) is 44.9 Å². The molecule has 0 saturated heterocycles. The van der Waals surface area contributed by atoms with Crippen molar-refractivity contribution in [3.05, 3.63) is 130 Å². The number of carbonyl (C=O) groups is 1. The lowest BCUT2D eigenvalue weighted by Gasteiger charge is -2.26. The van der Waals surface area contributed by atoms with E-state index in [2.05, 4.69) is 62.4 Å². The van der Waals surface area contributed by atoms with Crippen molar-refractivity contribution >= 4 is 5.78 Å². The van der Waals surface area contributed by atoms with Crippen LogP contribution in [0.25, 0.3) is 0 Å². The second-order valence-electron chi connectivity index (χ2n) is 9.33. The fourth-order valence-electron chi connectivity index (χ4n) is 4.92. The van der Waals surface area contributed by atoms with Gasteiger partial charge in [-0.2, -0.15) is 0 Å². The molecule has 36 heavy (non-hydrogen) atoms. The van der Waals surface area contributed by atoms with Crippen LogP contribution in [0.4, 0.5) is 0 Å². The number of aryl methyl sites for hydroxylation is 2. The molecule has 2 atom stereocenters. The van der Waals surface area contributed by atoms with Gasteiger partial charge in [-0.3, -0.25) is 4.79 Å². The zero-order valence-corrected chi connectivity index (χ0v) is 21.5. The predicted octanol–water partition coefficient (Wildman–Crippen LogP) is 7.24. The summed E-state index contributed by atoms with van der Waals surface area (Å²) in [5.74, 6) is 1.35. The molecule has 0 aliphatic rings. The van der Waals surface area contributed by atoms with Gasteiger partial charge in [0, 0.05) is 11.8 Å². The second kappa shape index (κ2) is 11.7. The number of Topliss-reactive ketones (excluding diaryl/α,β-unsaturated/α-hetero) is 1. The zero-order valence-electron chi connectivity index (χ0n) is 21.5. The molecule has 3 heteroatoms. The van der Waals surface area contributed by atoms with E-state index in [1.807, 2.05) is 48.5 Å². The lowest BCUT2D eigenvalue weighted by Crippen LogP contribution is -2.25. The summed E-state index contributed by atoms with van der Waals surface area (Å²) in [6, 6.07) is 32.6. The molecule has 0 heterocycles. The number of benzene rings is 4. The fraction of sp³-hybridized carbons (Fsp3) is 0.242. The van der Waals surface area contributed by atoms with E-state index < -0.39 is 0 Å².